The maximum atomic E-state index is 12.8. The van der Waals surface area contributed by atoms with Crippen LogP contribution in [0, 0.1) is 5.41 Å². The molecule has 2 N–H and O–H groups in total. The molecule has 1 aliphatic heterocycles. The first-order valence-electron chi connectivity index (χ1n) is 7.28. The van der Waals surface area contributed by atoms with Gasteiger partial charge in [0.05, 0.1) is 5.41 Å². The van der Waals surface area contributed by atoms with Gasteiger partial charge in [0, 0.05) is 32.5 Å². The Bertz CT molecular complexity index is 450. The summed E-state index contributed by atoms with van der Waals surface area (Å²) < 4.78 is 5.37. The van der Waals surface area contributed by atoms with E-state index in [1.165, 1.54) is 5.56 Å². The van der Waals surface area contributed by atoms with Crippen LogP contribution in [-0.4, -0.2) is 32.7 Å². The minimum Gasteiger partial charge on any atom is -0.381 e. The number of hydrogen-bond donors (Lipinski definition) is 1. The fourth-order valence-electron chi connectivity index (χ4n) is 2.70. The van der Waals surface area contributed by atoms with E-state index in [2.05, 4.69) is 19.1 Å². The van der Waals surface area contributed by atoms with Crippen LogP contribution in [-0.2, 0) is 16.0 Å². The molecule has 1 aromatic rings. The molecule has 0 unspecified atom stereocenters. The van der Waals surface area contributed by atoms with Gasteiger partial charge in [-0.1, -0.05) is 19.1 Å². The van der Waals surface area contributed by atoms with Crippen molar-refractivity contribution in [2.45, 2.75) is 26.2 Å². The summed E-state index contributed by atoms with van der Waals surface area (Å²) in [6.07, 6.45) is 2.42. The van der Waals surface area contributed by atoms with E-state index in [0.29, 0.717) is 32.6 Å². The Kier molecular flexibility index (Phi) is 4.78. The molecule has 1 amide bonds. The van der Waals surface area contributed by atoms with Gasteiger partial charge < -0.3 is 15.4 Å². The van der Waals surface area contributed by atoms with Gasteiger partial charge in [0.2, 0.25) is 5.91 Å². The van der Waals surface area contributed by atoms with E-state index >= 15 is 0 Å². The standard InChI is InChI=1S/C16H24N2O2/c1-3-13-4-6-14(7-5-13)18(2)15(19)16(12-17)8-10-20-11-9-16/h4-7H,3,8-12,17H2,1-2H3. The smallest absolute Gasteiger partial charge is 0.234 e. The summed E-state index contributed by atoms with van der Waals surface area (Å²) in [7, 11) is 1.83. The van der Waals surface area contributed by atoms with Gasteiger partial charge in [-0.3, -0.25) is 4.79 Å². The topological polar surface area (TPSA) is 55.6 Å². The molecule has 4 nitrogen and oxygen atoms in total. The minimum atomic E-state index is -0.462. The molecule has 0 atom stereocenters. The van der Waals surface area contributed by atoms with Gasteiger partial charge in [-0.2, -0.15) is 0 Å². The van der Waals surface area contributed by atoms with Crippen molar-refractivity contribution in [1.82, 2.24) is 0 Å². The first-order valence-corrected chi connectivity index (χ1v) is 7.28. The van der Waals surface area contributed by atoms with Gasteiger partial charge in [-0.25, -0.2) is 0 Å². The third kappa shape index (κ3) is 2.86. The summed E-state index contributed by atoms with van der Waals surface area (Å²) in [5.41, 5.74) is 7.63. The van der Waals surface area contributed by atoms with Crippen LogP contribution in [0.5, 0.6) is 0 Å². The van der Waals surface area contributed by atoms with E-state index < -0.39 is 5.41 Å². The number of rotatable bonds is 4. The van der Waals surface area contributed by atoms with Crippen molar-refractivity contribution in [2.75, 3.05) is 31.7 Å². The number of amides is 1. The largest absolute Gasteiger partial charge is 0.381 e. The van der Waals surface area contributed by atoms with Crippen molar-refractivity contribution < 1.29 is 9.53 Å². The molecule has 4 heteroatoms. The third-order valence-corrected chi connectivity index (χ3v) is 4.33. The number of benzene rings is 1. The second kappa shape index (κ2) is 6.37. The normalized spacial score (nSPS) is 17.8. The van der Waals surface area contributed by atoms with Crippen molar-refractivity contribution in [2.24, 2.45) is 11.1 Å². The van der Waals surface area contributed by atoms with Gasteiger partial charge >= 0.3 is 0 Å². The van der Waals surface area contributed by atoms with Crippen LogP contribution >= 0.6 is 0 Å². The van der Waals surface area contributed by atoms with E-state index in [-0.39, 0.29) is 5.91 Å². The first kappa shape index (κ1) is 15.0. The zero-order valence-corrected chi connectivity index (χ0v) is 12.4. The average Bonchev–Trinajstić information content (AvgIpc) is 2.54. The number of nitrogens with two attached hydrogens (primary N) is 1. The lowest BCUT2D eigenvalue weighted by molar-refractivity contribution is -0.132. The summed E-state index contributed by atoms with van der Waals surface area (Å²) in [5.74, 6) is 0.104. The zero-order chi connectivity index (χ0) is 14.6. The lowest BCUT2D eigenvalue weighted by Crippen LogP contribution is -2.49. The van der Waals surface area contributed by atoms with Gasteiger partial charge in [-0.05, 0) is 37.0 Å². The number of ether oxygens (including phenoxy) is 1. The van der Waals surface area contributed by atoms with Crippen LogP contribution in [0.1, 0.15) is 25.3 Å². The maximum Gasteiger partial charge on any atom is 0.234 e. The second-order valence-electron chi connectivity index (χ2n) is 5.48. The number of carbonyl (C=O) groups is 1. The highest BCUT2D eigenvalue weighted by Crippen LogP contribution is 2.32. The van der Waals surface area contributed by atoms with Crippen LogP contribution in [0.15, 0.2) is 24.3 Å². The summed E-state index contributed by atoms with van der Waals surface area (Å²) in [4.78, 5) is 14.5. The van der Waals surface area contributed by atoms with E-state index in [9.17, 15) is 4.79 Å². The van der Waals surface area contributed by atoms with Crippen molar-refractivity contribution >= 4 is 11.6 Å². The third-order valence-electron chi connectivity index (χ3n) is 4.33. The summed E-state index contributed by atoms with van der Waals surface area (Å²) in [6.45, 7) is 3.74. The molecule has 1 aliphatic rings. The highest BCUT2D eigenvalue weighted by atomic mass is 16.5. The predicted molar refractivity (Wildman–Crippen MR) is 80.8 cm³/mol. The SMILES string of the molecule is CCc1ccc(N(C)C(=O)C2(CN)CCOCC2)cc1. The molecular formula is C16H24N2O2. The van der Waals surface area contributed by atoms with Crippen LogP contribution < -0.4 is 10.6 Å². The van der Waals surface area contributed by atoms with Crippen molar-refractivity contribution in [3.63, 3.8) is 0 Å². The number of nitrogens with zero attached hydrogens (tertiary/aromatic N) is 1. The van der Waals surface area contributed by atoms with Gasteiger partial charge in [-0.15, -0.1) is 0 Å². The molecule has 0 aromatic heterocycles. The molecule has 0 aliphatic carbocycles. The Morgan fingerprint density at radius 2 is 1.90 bits per heavy atom. The zero-order valence-electron chi connectivity index (χ0n) is 12.4. The van der Waals surface area contributed by atoms with Crippen LogP contribution in [0.25, 0.3) is 0 Å². The molecule has 1 saturated heterocycles. The van der Waals surface area contributed by atoms with Crippen LogP contribution in [0.3, 0.4) is 0 Å². The molecule has 0 saturated carbocycles. The van der Waals surface area contributed by atoms with Crippen LogP contribution in [0.2, 0.25) is 0 Å². The van der Waals surface area contributed by atoms with Gasteiger partial charge in [0.25, 0.3) is 0 Å². The van der Waals surface area contributed by atoms with E-state index in [1.54, 1.807) is 4.90 Å². The number of aryl methyl sites for hydroxylation is 1. The lowest BCUT2D eigenvalue weighted by Gasteiger charge is -2.37. The van der Waals surface area contributed by atoms with E-state index in [0.717, 1.165) is 12.1 Å². The number of anilines is 1. The maximum absolute atomic E-state index is 12.8. The molecule has 1 heterocycles. The average molecular weight is 276 g/mol. The summed E-state index contributed by atoms with van der Waals surface area (Å²) in [5, 5.41) is 0. The Morgan fingerprint density at radius 3 is 2.40 bits per heavy atom. The predicted octanol–water partition coefficient (Wildman–Crippen LogP) is 1.97. The highest BCUT2D eigenvalue weighted by molar-refractivity contribution is 5.97. The first-order chi connectivity index (χ1) is 9.63. The molecule has 2 rings (SSSR count). The minimum absolute atomic E-state index is 0.104. The quantitative estimate of drug-likeness (QED) is 0.914. The molecule has 20 heavy (non-hydrogen) atoms. The van der Waals surface area contributed by atoms with Crippen molar-refractivity contribution in [1.29, 1.82) is 0 Å². The van der Waals surface area contributed by atoms with Crippen molar-refractivity contribution in [3.8, 4) is 0 Å². The number of hydrogen-bond acceptors (Lipinski definition) is 3. The van der Waals surface area contributed by atoms with Gasteiger partial charge in [0.1, 0.15) is 0 Å². The van der Waals surface area contributed by atoms with Crippen LogP contribution in [0.4, 0.5) is 5.69 Å². The Labute approximate surface area is 120 Å². The summed E-state index contributed by atoms with van der Waals surface area (Å²) in [6, 6.07) is 8.14. The Balaban J connectivity index is 2.17. The Hall–Kier alpha value is -1.39. The van der Waals surface area contributed by atoms with Crippen molar-refractivity contribution in [3.05, 3.63) is 29.8 Å². The molecule has 0 radical (unpaired) electrons. The fourth-order valence-corrected chi connectivity index (χ4v) is 2.70. The monoisotopic (exact) mass is 276 g/mol. The van der Waals surface area contributed by atoms with E-state index in [4.69, 9.17) is 10.5 Å². The van der Waals surface area contributed by atoms with Gasteiger partial charge in [0.15, 0.2) is 0 Å². The lowest BCUT2D eigenvalue weighted by atomic mass is 9.79. The van der Waals surface area contributed by atoms with E-state index in [1.807, 2.05) is 19.2 Å². The molecule has 1 aromatic carbocycles. The molecule has 1 fully saturated rings. The molecule has 0 spiro atoms. The molecule has 0 bridgehead atoms. The second-order valence-corrected chi connectivity index (χ2v) is 5.48. The Morgan fingerprint density at radius 1 is 1.30 bits per heavy atom. The molecule has 110 valence electrons. The fraction of sp³-hybridized carbons (Fsp3) is 0.562. The highest BCUT2D eigenvalue weighted by Gasteiger charge is 2.40. The summed E-state index contributed by atoms with van der Waals surface area (Å²) >= 11 is 0. The molecular weight excluding hydrogens is 252 g/mol. The number of carbonyl (C=O) groups excluding carboxylic acids is 1.